The molecule has 0 atom stereocenters. The summed E-state index contributed by atoms with van der Waals surface area (Å²) in [4.78, 5) is 53.4. The summed E-state index contributed by atoms with van der Waals surface area (Å²) in [5, 5.41) is 1.47. The summed E-state index contributed by atoms with van der Waals surface area (Å²) < 4.78 is 10.7. The minimum absolute atomic E-state index is 0.0521. The summed E-state index contributed by atoms with van der Waals surface area (Å²) >= 11 is 0. The van der Waals surface area contributed by atoms with Gasteiger partial charge in [0.05, 0.1) is 0 Å². The molecule has 4 aromatic carbocycles. The molecule has 0 aliphatic carbocycles. The van der Waals surface area contributed by atoms with Crippen molar-refractivity contribution >= 4 is 44.9 Å². The first-order valence-corrected chi connectivity index (χ1v) is 15.0. The van der Waals surface area contributed by atoms with Crippen LogP contribution in [0.15, 0.2) is 128 Å². The lowest BCUT2D eigenvalue weighted by atomic mass is 10.0. The Balaban J connectivity index is 0.000000182. The summed E-state index contributed by atoms with van der Waals surface area (Å²) in [6, 6.07) is 31.9. The van der Waals surface area contributed by atoms with Gasteiger partial charge in [0, 0.05) is 72.6 Å². The summed E-state index contributed by atoms with van der Waals surface area (Å²) in [7, 11) is 3.82. The van der Waals surface area contributed by atoms with E-state index in [0.717, 1.165) is 35.2 Å². The largest absolute Gasteiger partial charge is 0.422 e. The Labute approximate surface area is 266 Å². The average molecular weight is 615 g/mol. The molecular weight excluding hydrogens is 580 g/mol. The Morgan fingerprint density at radius 1 is 0.565 bits per heavy atom. The third-order valence-electron chi connectivity index (χ3n) is 7.65. The van der Waals surface area contributed by atoms with Gasteiger partial charge < -0.3 is 18.6 Å². The normalized spacial score (nSPS) is 10.7. The fraction of sp³-hybridized carbons (Fsp3) is 0.158. The molecule has 0 fully saturated rings. The Bertz CT molecular complexity index is 2130. The van der Waals surface area contributed by atoms with Crippen molar-refractivity contribution in [3.05, 3.63) is 152 Å². The number of anilines is 2. The van der Waals surface area contributed by atoms with Gasteiger partial charge in [-0.05, 0) is 50.2 Å². The summed E-state index contributed by atoms with van der Waals surface area (Å²) in [5.74, 6) is -0.646. The number of rotatable bonds is 8. The van der Waals surface area contributed by atoms with E-state index in [-0.39, 0.29) is 22.7 Å². The highest BCUT2D eigenvalue weighted by Crippen LogP contribution is 2.23. The minimum Gasteiger partial charge on any atom is -0.422 e. The predicted molar refractivity (Wildman–Crippen MR) is 183 cm³/mol. The van der Waals surface area contributed by atoms with Crippen molar-refractivity contribution in [3.8, 4) is 0 Å². The van der Waals surface area contributed by atoms with Crippen LogP contribution in [0, 0.1) is 0 Å². The molecule has 6 rings (SSSR count). The van der Waals surface area contributed by atoms with Gasteiger partial charge in [0.25, 0.3) is 0 Å². The van der Waals surface area contributed by atoms with E-state index in [4.69, 9.17) is 8.83 Å². The van der Waals surface area contributed by atoms with Gasteiger partial charge in [-0.15, -0.1) is 0 Å². The summed E-state index contributed by atoms with van der Waals surface area (Å²) in [6.07, 6.45) is 0. The fourth-order valence-electron chi connectivity index (χ4n) is 5.07. The lowest BCUT2D eigenvalue weighted by Crippen LogP contribution is -2.21. The molecule has 0 N–H and O–H groups in total. The van der Waals surface area contributed by atoms with Crippen LogP contribution in [0.25, 0.3) is 21.9 Å². The molecule has 6 aromatic rings. The zero-order valence-electron chi connectivity index (χ0n) is 26.2. The Kier molecular flexibility index (Phi) is 9.57. The SMILES string of the molecule is CCN(CC)c1ccc2cc(C(=O)c3ccccc3)c(=O)oc2c1.CN(C)c1ccc2cc(C(=O)c3ccccc3)c(=O)oc2c1. The summed E-state index contributed by atoms with van der Waals surface area (Å²) in [6.45, 7) is 5.89. The van der Waals surface area contributed by atoms with Gasteiger partial charge in [-0.3, -0.25) is 9.59 Å². The van der Waals surface area contributed by atoms with Crippen LogP contribution < -0.4 is 21.1 Å². The van der Waals surface area contributed by atoms with Crippen molar-refractivity contribution in [3.63, 3.8) is 0 Å². The van der Waals surface area contributed by atoms with E-state index in [1.807, 2.05) is 61.5 Å². The van der Waals surface area contributed by atoms with E-state index in [9.17, 15) is 19.2 Å². The number of carbonyl (C=O) groups is 2. The van der Waals surface area contributed by atoms with Crippen molar-refractivity contribution in [2.24, 2.45) is 0 Å². The van der Waals surface area contributed by atoms with Crippen LogP contribution in [0.1, 0.15) is 45.7 Å². The first kappa shape index (κ1) is 31.7. The number of benzene rings is 4. The molecule has 0 spiro atoms. The van der Waals surface area contributed by atoms with E-state index in [2.05, 4.69) is 18.7 Å². The number of hydrogen-bond donors (Lipinski definition) is 0. The molecule has 0 radical (unpaired) electrons. The van der Waals surface area contributed by atoms with Gasteiger partial charge in [0.1, 0.15) is 22.3 Å². The molecule has 0 aliphatic heterocycles. The third kappa shape index (κ3) is 6.81. The van der Waals surface area contributed by atoms with E-state index in [1.165, 1.54) is 0 Å². The van der Waals surface area contributed by atoms with Crippen LogP contribution in [0.4, 0.5) is 11.4 Å². The van der Waals surface area contributed by atoms with E-state index in [1.54, 1.807) is 66.7 Å². The molecule has 232 valence electrons. The van der Waals surface area contributed by atoms with E-state index < -0.39 is 11.3 Å². The van der Waals surface area contributed by atoms with Crippen molar-refractivity contribution in [2.45, 2.75) is 13.8 Å². The Hall–Kier alpha value is -5.76. The predicted octanol–water partition coefficient (Wildman–Crippen LogP) is 6.96. The van der Waals surface area contributed by atoms with Crippen LogP contribution in [0.2, 0.25) is 0 Å². The highest BCUT2D eigenvalue weighted by atomic mass is 16.4. The summed E-state index contributed by atoms with van der Waals surface area (Å²) in [5.41, 5.74) is 2.74. The van der Waals surface area contributed by atoms with Crippen LogP contribution in [0.5, 0.6) is 0 Å². The third-order valence-corrected chi connectivity index (χ3v) is 7.65. The quantitative estimate of drug-likeness (QED) is 0.134. The van der Waals surface area contributed by atoms with Crippen molar-refractivity contribution < 1.29 is 18.4 Å². The molecule has 0 bridgehead atoms. The monoisotopic (exact) mass is 614 g/mol. The van der Waals surface area contributed by atoms with Crippen molar-refractivity contribution in [1.82, 2.24) is 0 Å². The first-order valence-electron chi connectivity index (χ1n) is 15.0. The molecule has 0 saturated carbocycles. The van der Waals surface area contributed by atoms with Gasteiger partial charge in [0.15, 0.2) is 11.6 Å². The van der Waals surface area contributed by atoms with E-state index in [0.29, 0.717) is 22.3 Å². The second-order valence-electron chi connectivity index (χ2n) is 10.8. The Morgan fingerprint density at radius 2 is 0.978 bits per heavy atom. The van der Waals surface area contributed by atoms with E-state index >= 15 is 0 Å². The molecule has 2 heterocycles. The zero-order valence-corrected chi connectivity index (χ0v) is 26.2. The maximum atomic E-state index is 12.5. The topological polar surface area (TPSA) is 101 Å². The van der Waals surface area contributed by atoms with Crippen LogP contribution in [0.3, 0.4) is 0 Å². The molecule has 2 aromatic heterocycles. The number of carbonyl (C=O) groups excluding carboxylic acids is 2. The fourth-order valence-corrected chi connectivity index (χ4v) is 5.07. The molecule has 8 heteroatoms. The minimum atomic E-state index is -0.614. The molecule has 0 unspecified atom stereocenters. The molecule has 0 saturated heterocycles. The lowest BCUT2D eigenvalue weighted by Gasteiger charge is -2.20. The number of fused-ring (bicyclic) bond motifs is 2. The van der Waals surface area contributed by atoms with Crippen molar-refractivity contribution in [1.29, 1.82) is 0 Å². The van der Waals surface area contributed by atoms with Crippen LogP contribution >= 0.6 is 0 Å². The highest BCUT2D eigenvalue weighted by Gasteiger charge is 2.17. The molecule has 8 nitrogen and oxygen atoms in total. The number of nitrogens with zero attached hydrogens (tertiary/aromatic N) is 2. The smallest absolute Gasteiger partial charge is 0.347 e. The second kappa shape index (κ2) is 13.9. The van der Waals surface area contributed by atoms with Gasteiger partial charge in [-0.2, -0.15) is 0 Å². The maximum absolute atomic E-state index is 12.5. The molecule has 0 aliphatic rings. The Morgan fingerprint density at radius 3 is 1.39 bits per heavy atom. The lowest BCUT2D eigenvalue weighted by molar-refractivity contribution is 0.102. The maximum Gasteiger partial charge on any atom is 0.347 e. The molecule has 46 heavy (non-hydrogen) atoms. The van der Waals surface area contributed by atoms with Crippen LogP contribution in [-0.4, -0.2) is 38.8 Å². The number of ketones is 2. The number of hydrogen-bond acceptors (Lipinski definition) is 8. The first-order chi connectivity index (χ1) is 22.2. The second-order valence-corrected chi connectivity index (χ2v) is 10.8. The van der Waals surface area contributed by atoms with Crippen LogP contribution in [-0.2, 0) is 0 Å². The molecular formula is C38H34N2O6. The van der Waals surface area contributed by atoms with Gasteiger partial charge in [-0.25, -0.2) is 9.59 Å². The average Bonchev–Trinajstić information content (AvgIpc) is 3.08. The van der Waals surface area contributed by atoms with Gasteiger partial charge in [-0.1, -0.05) is 60.7 Å². The zero-order chi connectivity index (χ0) is 32.8. The van der Waals surface area contributed by atoms with Gasteiger partial charge in [0.2, 0.25) is 0 Å². The van der Waals surface area contributed by atoms with Gasteiger partial charge >= 0.3 is 11.3 Å². The van der Waals surface area contributed by atoms with Crippen molar-refractivity contribution in [2.75, 3.05) is 37.0 Å². The standard InChI is InChI=1S/C20H19NO3.C18H15NO3/c1-3-21(4-2)16-11-10-15-12-17(20(23)24-18(15)13-16)19(22)14-8-6-5-7-9-14;1-19(2)14-9-8-13-10-15(18(21)22-16(13)11-14)17(20)12-6-4-3-5-7-12/h5-13H,3-4H2,1-2H3;3-11H,1-2H3. The highest BCUT2D eigenvalue weighted by molar-refractivity contribution is 6.10. The molecule has 0 amide bonds.